The molecule has 10 heteroatoms. The highest BCUT2D eigenvalue weighted by Gasteiger charge is 2.34. The molecule has 0 amide bonds. The van der Waals surface area contributed by atoms with Crippen LogP contribution in [0, 0.1) is 0 Å². The smallest absolute Gasteiger partial charge is 0.416 e. The Morgan fingerprint density at radius 2 is 1.73 bits per heavy atom. The molecule has 140 valence electrons. The summed E-state index contributed by atoms with van der Waals surface area (Å²) in [6.45, 7) is 0.298. The van der Waals surface area contributed by atoms with Crippen LogP contribution in [0.2, 0.25) is 0 Å². The van der Waals surface area contributed by atoms with E-state index < -0.39 is 21.8 Å². The largest absolute Gasteiger partial charge is 0.460 e. The van der Waals surface area contributed by atoms with Crippen molar-refractivity contribution in [1.29, 1.82) is 0 Å². The van der Waals surface area contributed by atoms with Gasteiger partial charge in [0.2, 0.25) is 10.0 Å². The van der Waals surface area contributed by atoms with Crippen molar-refractivity contribution in [2.24, 2.45) is 0 Å². The van der Waals surface area contributed by atoms with Crippen LogP contribution in [0.25, 0.3) is 0 Å². The highest BCUT2D eigenvalue weighted by molar-refractivity contribution is 7.89. The summed E-state index contributed by atoms with van der Waals surface area (Å²) in [5.74, 6) is 0. The molecule has 0 radical (unpaired) electrons. The molecule has 0 atom stereocenters. The summed E-state index contributed by atoms with van der Waals surface area (Å²) in [6, 6.07) is 5.64. The van der Waals surface area contributed by atoms with E-state index in [1.54, 1.807) is 6.07 Å². The van der Waals surface area contributed by atoms with E-state index in [0.717, 1.165) is 12.1 Å². The lowest BCUT2D eigenvalue weighted by atomic mass is 10.1. The van der Waals surface area contributed by atoms with Crippen molar-refractivity contribution in [3.8, 4) is 6.01 Å². The van der Waals surface area contributed by atoms with Gasteiger partial charge in [0.1, 0.15) is 6.10 Å². The summed E-state index contributed by atoms with van der Waals surface area (Å²) in [5.41, 5.74) is -0.988. The summed E-state index contributed by atoms with van der Waals surface area (Å²) in [4.78, 5) is 7.54. The molecule has 1 saturated heterocycles. The molecule has 1 aliphatic rings. The minimum atomic E-state index is -4.60. The van der Waals surface area contributed by atoms with Gasteiger partial charge >= 0.3 is 12.2 Å². The number of sulfonamides is 1. The first kappa shape index (κ1) is 18.6. The van der Waals surface area contributed by atoms with E-state index in [4.69, 9.17) is 4.74 Å². The van der Waals surface area contributed by atoms with E-state index in [1.807, 2.05) is 0 Å². The molecule has 0 N–H and O–H groups in total. The number of aromatic nitrogens is 2. The third-order valence-electron chi connectivity index (χ3n) is 4.01. The summed E-state index contributed by atoms with van der Waals surface area (Å²) < 4.78 is 70.5. The molecule has 2 aromatic rings. The minimum absolute atomic E-state index is 0.149. The molecule has 1 aromatic carbocycles. The number of ether oxygens (including phenoxy) is 1. The first-order valence-electron chi connectivity index (χ1n) is 7.88. The van der Waals surface area contributed by atoms with Gasteiger partial charge in [-0.1, -0.05) is 6.07 Å². The van der Waals surface area contributed by atoms with E-state index in [1.165, 1.54) is 22.8 Å². The average molecular weight is 387 g/mol. The van der Waals surface area contributed by atoms with Crippen molar-refractivity contribution in [3.63, 3.8) is 0 Å². The van der Waals surface area contributed by atoms with Crippen LogP contribution in [0.4, 0.5) is 13.2 Å². The topological polar surface area (TPSA) is 72.4 Å². The summed E-state index contributed by atoms with van der Waals surface area (Å²) in [6.07, 6.45) is -0.967. The van der Waals surface area contributed by atoms with Crippen molar-refractivity contribution in [1.82, 2.24) is 14.3 Å². The Morgan fingerprint density at radius 3 is 2.35 bits per heavy atom. The third-order valence-corrected chi connectivity index (χ3v) is 5.91. The SMILES string of the molecule is O=S(=O)(c1cccc(C(F)(F)F)c1)N1CCC(Oc2ncccn2)CC1. The maximum Gasteiger partial charge on any atom is 0.416 e. The van der Waals surface area contributed by atoms with Crippen LogP contribution < -0.4 is 4.74 Å². The highest BCUT2D eigenvalue weighted by Crippen LogP contribution is 2.31. The predicted molar refractivity (Wildman–Crippen MR) is 85.9 cm³/mol. The van der Waals surface area contributed by atoms with Crippen molar-refractivity contribution in [2.45, 2.75) is 30.0 Å². The standard InChI is InChI=1S/C16H16F3N3O3S/c17-16(18,19)12-3-1-4-14(11-12)26(23,24)22-9-5-13(6-10-22)25-15-20-7-2-8-21-15/h1-4,7-8,11,13H,5-6,9-10H2. The third kappa shape index (κ3) is 4.13. The number of nitrogens with zero attached hydrogens (tertiary/aromatic N) is 3. The van der Waals surface area contributed by atoms with E-state index in [9.17, 15) is 21.6 Å². The molecule has 0 bridgehead atoms. The van der Waals surface area contributed by atoms with Crippen LogP contribution in [0.5, 0.6) is 6.01 Å². The van der Waals surface area contributed by atoms with E-state index in [-0.39, 0.29) is 30.1 Å². The number of benzene rings is 1. The van der Waals surface area contributed by atoms with Crippen LogP contribution in [0.3, 0.4) is 0 Å². The Morgan fingerprint density at radius 1 is 1.08 bits per heavy atom. The Kier molecular flexibility index (Phi) is 5.15. The molecule has 0 aliphatic carbocycles. The fourth-order valence-corrected chi connectivity index (χ4v) is 4.18. The Balaban J connectivity index is 1.68. The Labute approximate surface area is 148 Å². The Bertz CT molecular complexity index is 852. The lowest BCUT2D eigenvalue weighted by Gasteiger charge is -2.31. The van der Waals surface area contributed by atoms with E-state index in [0.29, 0.717) is 18.9 Å². The van der Waals surface area contributed by atoms with Gasteiger partial charge in [0.25, 0.3) is 0 Å². The summed E-state index contributed by atoms with van der Waals surface area (Å²) >= 11 is 0. The maximum absolute atomic E-state index is 12.8. The van der Waals surface area contributed by atoms with Crippen molar-refractivity contribution in [3.05, 3.63) is 48.3 Å². The van der Waals surface area contributed by atoms with Gasteiger partial charge in [-0.25, -0.2) is 18.4 Å². The van der Waals surface area contributed by atoms with Gasteiger partial charge in [0, 0.05) is 25.5 Å². The molecule has 6 nitrogen and oxygen atoms in total. The van der Waals surface area contributed by atoms with Gasteiger partial charge in [-0.05, 0) is 37.1 Å². The fourth-order valence-electron chi connectivity index (χ4n) is 2.67. The minimum Gasteiger partial charge on any atom is -0.460 e. The van der Waals surface area contributed by atoms with Crippen LogP contribution in [-0.2, 0) is 16.2 Å². The average Bonchev–Trinajstić information content (AvgIpc) is 2.62. The first-order valence-corrected chi connectivity index (χ1v) is 9.32. The zero-order valence-corrected chi connectivity index (χ0v) is 14.4. The molecular weight excluding hydrogens is 371 g/mol. The van der Waals surface area contributed by atoms with Crippen molar-refractivity contribution >= 4 is 10.0 Å². The van der Waals surface area contributed by atoms with Crippen LogP contribution in [0.15, 0.2) is 47.6 Å². The second kappa shape index (κ2) is 7.20. The fraction of sp³-hybridized carbons (Fsp3) is 0.375. The zero-order chi connectivity index (χ0) is 18.8. The lowest BCUT2D eigenvalue weighted by Crippen LogP contribution is -2.41. The molecule has 0 saturated carbocycles. The zero-order valence-electron chi connectivity index (χ0n) is 13.6. The van der Waals surface area contributed by atoms with Gasteiger partial charge in [0.15, 0.2) is 0 Å². The Hall–Kier alpha value is -2.20. The lowest BCUT2D eigenvalue weighted by molar-refractivity contribution is -0.137. The van der Waals surface area contributed by atoms with E-state index >= 15 is 0 Å². The number of piperidine rings is 1. The molecule has 2 heterocycles. The molecular formula is C16H16F3N3O3S. The number of alkyl halides is 3. The number of rotatable bonds is 4. The number of hydrogen-bond donors (Lipinski definition) is 0. The monoisotopic (exact) mass is 387 g/mol. The van der Waals surface area contributed by atoms with Crippen LogP contribution >= 0.6 is 0 Å². The van der Waals surface area contributed by atoms with E-state index in [2.05, 4.69) is 9.97 Å². The van der Waals surface area contributed by atoms with Gasteiger partial charge in [-0.15, -0.1) is 0 Å². The van der Waals surface area contributed by atoms with Gasteiger partial charge in [-0.2, -0.15) is 17.5 Å². The van der Waals surface area contributed by atoms with Crippen molar-refractivity contribution in [2.75, 3.05) is 13.1 Å². The highest BCUT2D eigenvalue weighted by atomic mass is 32.2. The van der Waals surface area contributed by atoms with Crippen LogP contribution in [0.1, 0.15) is 18.4 Å². The normalized spacial score (nSPS) is 17.2. The van der Waals surface area contributed by atoms with Gasteiger partial charge in [-0.3, -0.25) is 0 Å². The van der Waals surface area contributed by atoms with Gasteiger partial charge < -0.3 is 4.74 Å². The quantitative estimate of drug-likeness (QED) is 0.807. The van der Waals surface area contributed by atoms with Gasteiger partial charge in [0.05, 0.1) is 10.5 Å². The molecule has 1 fully saturated rings. The second-order valence-electron chi connectivity index (χ2n) is 5.78. The molecule has 1 aromatic heterocycles. The molecule has 26 heavy (non-hydrogen) atoms. The van der Waals surface area contributed by atoms with Crippen LogP contribution in [-0.4, -0.2) is 41.9 Å². The molecule has 0 unspecified atom stereocenters. The summed E-state index contributed by atoms with van der Waals surface area (Å²) in [7, 11) is -3.99. The summed E-state index contributed by atoms with van der Waals surface area (Å²) in [5, 5.41) is 0. The predicted octanol–water partition coefficient (Wildman–Crippen LogP) is 2.73. The second-order valence-corrected chi connectivity index (χ2v) is 7.72. The first-order chi connectivity index (χ1) is 12.3. The maximum atomic E-state index is 12.8. The number of hydrogen-bond acceptors (Lipinski definition) is 5. The molecule has 1 aliphatic heterocycles. The number of halogens is 3. The van der Waals surface area contributed by atoms with Crippen molar-refractivity contribution < 1.29 is 26.3 Å². The molecule has 3 rings (SSSR count). The molecule has 0 spiro atoms.